The predicted molar refractivity (Wildman–Crippen MR) is 99.6 cm³/mol. The van der Waals surface area contributed by atoms with Crippen molar-refractivity contribution in [3.8, 4) is 0 Å². The van der Waals surface area contributed by atoms with Crippen LogP contribution < -0.4 is 11.2 Å². The molecule has 1 aromatic rings. The third kappa shape index (κ3) is 5.15. The summed E-state index contributed by atoms with van der Waals surface area (Å²) < 4.78 is 13.6. The number of nitrogens with one attached hydrogen (secondary N) is 1. The molecule has 1 aromatic heterocycles. The Labute approximate surface area is 150 Å². The fraction of sp³-hybridized carbons (Fsp3) is 0.750. The molecule has 1 fully saturated rings. The zero-order chi connectivity index (χ0) is 17.9. The highest BCUT2D eigenvalue weighted by Crippen LogP contribution is 2.37. The van der Waals surface area contributed by atoms with Crippen LogP contribution in [0.25, 0.3) is 0 Å². The number of rotatable bonds is 6. The molecular formula is C16H26N2O4S2. The van der Waals surface area contributed by atoms with Gasteiger partial charge in [0.15, 0.2) is 0 Å². The molecule has 2 heterocycles. The van der Waals surface area contributed by atoms with Gasteiger partial charge in [0.2, 0.25) is 0 Å². The topological polar surface area (TPSA) is 73.3 Å². The molecule has 1 unspecified atom stereocenters. The predicted octanol–water partition coefficient (Wildman–Crippen LogP) is 3.07. The maximum Gasteiger partial charge on any atom is 0.330 e. The van der Waals surface area contributed by atoms with Gasteiger partial charge in [0.25, 0.3) is 5.56 Å². The highest BCUT2D eigenvalue weighted by molar-refractivity contribution is 8.77. The van der Waals surface area contributed by atoms with Crippen molar-refractivity contribution in [2.45, 2.75) is 70.6 Å². The number of hydrogen-bond donors (Lipinski definition) is 1. The van der Waals surface area contributed by atoms with Gasteiger partial charge in [-0.05, 0) is 13.3 Å². The summed E-state index contributed by atoms with van der Waals surface area (Å²) in [4.78, 5) is 25.9. The van der Waals surface area contributed by atoms with E-state index in [1.165, 1.54) is 4.57 Å². The number of aromatic nitrogens is 2. The molecule has 0 bridgehead atoms. The normalized spacial score (nSPS) is 24.5. The minimum atomic E-state index is -0.441. The van der Waals surface area contributed by atoms with E-state index < -0.39 is 11.9 Å². The maximum atomic E-state index is 12.0. The summed E-state index contributed by atoms with van der Waals surface area (Å²) in [5.74, 6) is 0.582. The van der Waals surface area contributed by atoms with Crippen molar-refractivity contribution in [1.29, 1.82) is 0 Å². The lowest BCUT2D eigenvalue weighted by molar-refractivity contribution is -0.0323. The smallest absolute Gasteiger partial charge is 0.330 e. The average molecular weight is 375 g/mol. The minimum Gasteiger partial charge on any atom is -0.364 e. The van der Waals surface area contributed by atoms with Crippen molar-refractivity contribution < 1.29 is 9.47 Å². The van der Waals surface area contributed by atoms with Gasteiger partial charge in [0.05, 0.1) is 12.2 Å². The van der Waals surface area contributed by atoms with Crippen molar-refractivity contribution in [3.05, 3.63) is 32.6 Å². The number of aryl methyl sites for hydroxylation is 1. The van der Waals surface area contributed by atoms with E-state index in [2.05, 4.69) is 25.8 Å². The van der Waals surface area contributed by atoms with Gasteiger partial charge >= 0.3 is 5.69 Å². The molecule has 1 N–H and O–H groups in total. The van der Waals surface area contributed by atoms with Crippen LogP contribution >= 0.6 is 21.6 Å². The third-order valence-corrected chi connectivity index (χ3v) is 6.67. The van der Waals surface area contributed by atoms with E-state index in [0.29, 0.717) is 17.9 Å². The summed E-state index contributed by atoms with van der Waals surface area (Å²) >= 11 is 0. The monoisotopic (exact) mass is 374 g/mol. The zero-order valence-corrected chi connectivity index (χ0v) is 16.5. The van der Waals surface area contributed by atoms with Crippen LogP contribution in [0.1, 0.15) is 52.3 Å². The summed E-state index contributed by atoms with van der Waals surface area (Å²) in [6.07, 6.45) is 2.48. The van der Waals surface area contributed by atoms with Gasteiger partial charge in [0, 0.05) is 22.9 Å². The second kappa shape index (κ2) is 8.12. The summed E-state index contributed by atoms with van der Waals surface area (Å²) in [5, 5.41) is 0. The number of nitrogens with zero attached hydrogens (tertiary/aromatic N) is 1. The average Bonchev–Trinajstić information content (AvgIpc) is 2.89. The first kappa shape index (κ1) is 19.6. The highest BCUT2D eigenvalue weighted by atomic mass is 33.1. The molecule has 0 radical (unpaired) electrons. The van der Waals surface area contributed by atoms with Crippen LogP contribution in [0.3, 0.4) is 0 Å². The van der Waals surface area contributed by atoms with E-state index >= 15 is 0 Å². The molecule has 3 atom stereocenters. The number of ether oxygens (including phenoxy) is 2. The fourth-order valence-electron chi connectivity index (χ4n) is 2.53. The fourth-order valence-corrected chi connectivity index (χ4v) is 4.53. The van der Waals surface area contributed by atoms with Crippen molar-refractivity contribution in [1.82, 2.24) is 9.55 Å². The molecule has 136 valence electrons. The molecule has 0 spiro atoms. The largest absolute Gasteiger partial charge is 0.364 e. The number of aromatic amines is 1. The molecule has 0 amide bonds. The van der Waals surface area contributed by atoms with Crippen molar-refractivity contribution >= 4 is 21.6 Å². The molecule has 24 heavy (non-hydrogen) atoms. The van der Waals surface area contributed by atoms with Crippen LogP contribution in [0.5, 0.6) is 0 Å². The Morgan fingerprint density at radius 2 is 2.12 bits per heavy atom. The summed E-state index contributed by atoms with van der Waals surface area (Å²) in [6, 6.07) is 0. The second-order valence-electron chi connectivity index (χ2n) is 6.89. The minimum absolute atomic E-state index is 0.0469. The maximum absolute atomic E-state index is 12.0. The van der Waals surface area contributed by atoms with Crippen molar-refractivity contribution in [3.63, 3.8) is 0 Å². The molecule has 2 rings (SSSR count). The summed E-state index contributed by atoms with van der Waals surface area (Å²) in [5.41, 5.74) is -0.304. The molecule has 0 aromatic carbocycles. The van der Waals surface area contributed by atoms with Gasteiger partial charge in [0.1, 0.15) is 12.2 Å². The van der Waals surface area contributed by atoms with E-state index in [1.54, 1.807) is 34.7 Å². The first-order valence-corrected chi connectivity index (χ1v) is 10.4. The summed E-state index contributed by atoms with van der Waals surface area (Å²) in [7, 11) is 3.47. The van der Waals surface area contributed by atoms with Gasteiger partial charge < -0.3 is 9.47 Å². The Morgan fingerprint density at radius 1 is 1.42 bits per heavy atom. The van der Waals surface area contributed by atoms with Gasteiger partial charge in [-0.2, -0.15) is 0 Å². The Hall–Kier alpha value is -0.700. The van der Waals surface area contributed by atoms with Gasteiger partial charge in [-0.15, -0.1) is 0 Å². The lowest BCUT2D eigenvalue weighted by Gasteiger charge is -2.19. The van der Waals surface area contributed by atoms with Gasteiger partial charge in [-0.1, -0.05) is 49.3 Å². The lowest BCUT2D eigenvalue weighted by atomic mass is 10.1. The SMILES string of the molecule is CC[C@H]1O[C@@H](n2cc(C)c(=O)[nH]c2=O)CC1OCSSC(C)(C)C. The first-order chi connectivity index (χ1) is 11.2. The zero-order valence-electron chi connectivity index (χ0n) is 14.8. The Balaban J connectivity index is 2.00. The van der Waals surface area contributed by atoms with E-state index in [-0.39, 0.29) is 22.5 Å². The third-order valence-electron chi connectivity index (χ3n) is 3.68. The van der Waals surface area contributed by atoms with E-state index in [9.17, 15) is 9.59 Å². The van der Waals surface area contributed by atoms with Crippen molar-refractivity contribution in [2.24, 2.45) is 0 Å². The van der Waals surface area contributed by atoms with Gasteiger partial charge in [-0.25, -0.2) is 4.79 Å². The quantitative estimate of drug-likeness (QED) is 0.469. The van der Waals surface area contributed by atoms with Crippen LogP contribution in [-0.2, 0) is 9.47 Å². The molecule has 0 saturated carbocycles. The molecule has 1 aliphatic rings. The van der Waals surface area contributed by atoms with E-state index in [4.69, 9.17) is 9.47 Å². The Morgan fingerprint density at radius 3 is 2.75 bits per heavy atom. The first-order valence-electron chi connectivity index (χ1n) is 8.11. The van der Waals surface area contributed by atoms with Crippen LogP contribution in [0.4, 0.5) is 0 Å². The second-order valence-corrected chi connectivity index (χ2v) is 9.96. The number of H-pyrrole nitrogens is 1. The summed E-state index contributed by atoms with van der Waals surface area (Å²) in [6.45, 7) is 10.2. The van der Waals surface area contributed by atoms with E-state index in [0.717, 1.165) is 6.42 Å². The van der Waals surface area contributed by atoms with Crippen molar-refractivity contribution in [2.75, 3.05) is 5.94 Å². The van der Waals surface area contributed by atoms with Gasteiger partial charge in [-0.3, -0.25) is 14.3 Å². The van der Waals surface area contributed by atoms with Crippen LogP contribution in [0.15, 0.2) is 15.8 Å². The van der Waals surface area contributed by atoms with E-state index in [1.807, 2.05) is 6.92 Å². The van der Waals surface area contributed by atoms with Crippen LogP contribution in [0, 0.1) is 6.92 Å². The molecule has 0 aliphatic carbocycles. The Kier molecular flexibility index (Phi) is 6.64. The molecule has 1 saturated heterocycles. The standard InChI is InChI=1S/C16H26N2O4S2/c1-6-11-12(21-9-23-24-16(3,4)5)7-13(22-11)18-8-10(2)14(19)17-15(18)20/h8,11-13H,6-7,9H2,1-5H3,(H,17,19,20)/t11-,12?,13-/m1/s1. The molecule has 6 nitrogen and oxygen atoms in total. The number of hydrogen-bond acceptors (Lipinski definition) is 6. The molecular weight excluding hydrogens is 348 g/mol. The molecule has 8 heteroatoms. The Bertz CT molecular complexity index is 665. The van der Waals surface area contributed by atoms with Crippen LogP contribution in [0.2, 0.25) is 0 Å². The lowest BCUT2D eigenvalue weighted by Crippen LogP contribution is -2.33. The highest BCUT2D eigenvalue weighted by Gasteiger charge is 2.36. The molecule has 1 aliphatic heterocycles. The van der Waals surface area contributed by atoms with Crippen LogP contribution in [-0.4, -0.2) is 32.4 Å².